The summed E-state index contributed by atoms with van der Waals surface area (Å²) in [4.78, 5) is 12.4. The van der Waals surface area contributed by atoms with Gasteiger partial charge in [-0.05, 0) is 55.3 Å². The van der Waals surface area contributed by atoms with Gasteiger partial charge in [-0.3, -0.25) is 4.79 Å². The summed E-state index contributed by atoms with van der Waals surface area (Å²) in [6, 6.07) is 12.1. The maximum absolute atomic E-state index is 12.4. The number of furan rings is 1. The number of fused-ring (bicyclic) bond motifs is 2. The van der Waals surface area contributed by atoms with Crippen LogP contribution in [0, 0.1) is 13.8 Å². The van der Waals surface area contributed by atoms with Crippen LogP contribution in [0.3, 0.4) is 0 Å². The number of rotatable bonds is 2. The zero-order valence-electron chi connectivity index (χ0n) is 12.9. The number of benzene rings is 2. The number of hydrogen-bond donors (Lipinski definition) is 1. The Morgan fingerprint density at radius 2 is 2.00 bits per heavy atom. The fraction of sp³-hybridized carbons (Fsp3) is 0.211. The Balaban J connectivity index is 1.76. The van der Waals surface area contributed by atoms with E-state index < -0.39 is 0 Å². The second kappa shape index (κ2) is 5.24. The molecule has 1 aromatic heterocycles. The van der Waals surface area contributed by atoms with E-state index in [1.165, 1.54) is 5.56 Å². The van der Waals surface area contributed by atoms with Gasteiger partial charge in [-0.1, -0.05) is 27.6 Å². The standard InChI is InChI=1S/C19H16BrNO2/c1-10-3-6-17-13(7-10)11(2)18(23-17)9-15-14-8-12(20)4-5-16(14)21-19(15)22/h3-8,15H,9H2,1-2H3,(H,21,22)/t15-/m0/s1. The first-order chi connectivity index (χ1) is 11.0. The largest absolute Gasteiger partial charge is 0.461 e. The summed E-state index contributed by atoms with van der Waals surface area (Å²) >= 11 is 3.49. The number of anilines is 1. The molecule has 0 spiro atoms. The molecule has 3 aromatic rings. The summed E-state index contributed by atoms with van der Waals surface area (Å²) in [7, 11) is 0. The predicted molar refractivity (Wildman–Crippen MR) is 94.9 cm³/mol. The Kier molecular flexibility index (Phi) is 3.31. The fourth-order valence-electron chi connectivity index (χ4n) is 3.26. The minimum absolute atomic E-state index is 0.0362. The highest BCUT2D eigenvalue weighted by molar-refractivity contribution is 9.10. The van der Waals surface area contributed by atoms with Crippen molar-refractivity contribution in [1.82, 2.24) is 0 Å². The van der Waals surface area contributed by atoms with Crippen molar-refractivity contribution in [2.24, 2.45) is 0 Å². The number of nitrogens with one attached hydrogen (secondary N) is 1. The van der Waals surface area contributed by atoms with E-state index in [0.29, 0.717) is 6.42 Å². The second-order valence-electron chi connectivity index (χ2n) is 6.13. The maximum atomic E-state index is 12.4. The molecular weight excluding hydrogens is 354 g/mol. The highest BCUT2D eigenvalue weighted by Crippen LogP contribution is 2.38. The van der Waals surface area contributed by atoms with Crippen molar-refractivity contribution in [2.45, 2.75) is 26.2 Å². The van der Waals surface area contributed by atoms with Crippen LogP contribution in [0.2, 0.25) is 0 Å². The number of carbonyl (C=O) groups excluding carboxylic acids is 1. The molecule has 2 aromatic carbocycles. The lowest BCUT2D eigenvalue weighted by molar-refractivity contribution is -0.117. The average molecular weight is 370 g/mol. The van der Waals surface area contributed by atoms with Crippen LogP contribution in [0.1, 0.15) is 28.4 Å². The van der Waals surface area contributed by atoms with Crippen LogP contribution >= 0.6 is 15.9 Å². The van der Waals surface area contributed by atoms with Crippen LogP contribution in [0.25, 0.3) is 11.0 Å². The van der Waals surface area contributed by atoms with Crippen molar-refractivity contribution in [2.75, 3.05) is 5.32 Å². The second-order valence-corrected chi connectivity index (χ2v) is 7.04. The van der Waals surface area contributed by atoms with Crippen molar-refractivity contribution in [3.8, 4) is 0 Å². The number of amides is 1. The number of carbonyl (C=O) groups is 1. The summed E-state index contributed by atoms with van der Waals surface area (Å²) in [5.74, 6) is 0.718. The van der Waals surface area contributed by atoms with Crippen LogP contribution in [0.15, 0.2) is 45.3 Å². The lowest BCUT2D eigenvalue weighted by atomic mass is 9.94. The molecule has 0 bridgehead atoms. The van der Waals surface area contributed by atoms with Gasteiger partial charge in [-0.25, -0.2) is 0 Å². The van der Waals surface area contributed by atoms with Crippen molar-refractivity contribution in [3.63, 3.8) is 0 Å². The normalized spacial score (nSPS) is 16.7. The first-order valence-corrected chi connectivity index (χ1v) is 8.41. The van der Waals surface area contributed by atoms with Gasteiger partial charge in [0, 0.05) is 22.0 Å². The molecule has 0 radical (unpaired) electrons. The van der Waals surface area contributed by atoms with Crippen molar-refractivity contribution in [1.29, 1.82) is 0 Å². The Morgan fingerprint density at radius 3 is 2.83 bits per heavy atom. The van der Waals surface area contributed by atoms with Crippen LogP contribution in [0.4, 0.5) is 5.69 Å². The third-order valence-corrected chi connectivity index (χ3v) is 5.04. The van der Waals surface area contributed by atoms with Gasteiger partial charge in [-0.15, -0.1) is 0 Å². The van der Waals surface area contributed by atoms with Gasteiger partial charge in [-0.2, -0.15) is 0 Å². The van der Waals surface area contributed by atoms with Crippen LogP contribution in [0.5, 0.6) is 0 Å². The summed E-state index contributed by atoms with van der Waals surface area (Å²) in [5.41, 5.74) is 5.14. The van der Waals surface area contributed by atoms with Crippen LogP contribution in [-0.4, -0.2) is 5.91 Å². The molecule has 23 heavy (non-hydrogen) atoms. The topological polar surface area (TPSA) is 42.2 Å². The minimum atomic E-state index is -0.206. The molecule has 4 rings (SSSR count). The van der Waals surface area contributed by atoms with E-state index >= 15 is 0 Å². The highest BCUT2D eigenvalue weighted by Gasteiger charge is 2.32. The van der Waals surface area contributed by atoms with Gasteiger partial charge in [0.1, 0.15) is 11.3 Å². The third-order valence-electron chi connectivity index (χ3n) is 4.54. The van der Waals surface area contributed by atoms with E-state index in [0.717, 1.165) is 38.0 Å². The number of aryl methyl sites for hydroxylation is 2. The van der Waals surface area contributed by atoms with E-state index in [9.17, 15) is 4.79 Å². The Bertz CT molecular complexity index is 942. The van der Waals surface area contributed by atoms with E-state index in [1.807, 2.05) is 30.3 Å². The summed E-state index contributed by atoms with van der Waals surface area (Å²) in [6.07, 6.45) is 0.578. The van der Waals surface area contributed by atoms with Crippen LogP contribution in [-0.2, 0) is 11.2 Å². The minimum Gasteiger partial charge on any atom is -0.461 e. The Morgan fingerprint density at radius 1 is 1.17 bits per heavy atom. The molecule has 1 N–H and O–H groups in total. The van der Waals surface area contributed by atoms with Crippen LogP contribution < -0.4 is 5.32 Å². The van der Waals surface area contributed by atoms with E-state index in [4.69, 9.17) is 4.42 Å². The summed E-state index contributed by atoms with van der Waals surface area (Å²) in [5, 5.41) is 4.09. The lowest BCUT2D eigenvalue weighted by Gasteiger charge is -2.08. The number of halogens is 1. The molecule has 1 aliphatic rings. The predicted octanol–water partition coefficient (Wildman–Crippen LogP) is 5.09. The van der Waals surface area contributed by atoms with Crippen molar-refractivity contribution in [3.05, 3.63) is 63.3 Å². The van der Waals surface area contributed by atoms with E-state index in [1.54, 1.807) is 0 Å². The average Bonchev–Trinajstić information content (AvgIpc) is 2.99. The number of hydrogen-bond acceptors (Lipinski definition) is 2. The zero-order chi connectivity index (χ0) is 16.1. The molecule has 3 nitrogen and oxygen atoms in total. The summed E-state index contributed by atoms with van der Waals surface area (Å²) < 4.78 is 7.00. The Hall–Kier alpha value is -2.07. The summed E-state index contributed by atoms with van der Waals surface area (Å²) in [6.45, 7) is 4.14. The van der Waals surface area contributed by atoms with Crippen molar-refractivity contribution >= 4 is 38.5 Å². The molecule has 2 heterocycles. The fourth-order valence-corrected chi connectivity index (χ4v) is 3.64. The van der Waals surface area contributed by atoms with Gasteiger partial charge in [0.15, 0.2) is 0 Å². The lowest BCUT2D eigenvalue weighted by Crippen LogP contribution is -2.14. The third kappa shape index (κ3) is 2.38. The SMILES string of the molecule is Cc1ccc2oc(C[C@@H]3C(=O)Nc4ccc(Br)cc43)c(C)c2c1. The highest BCUT2D eigenvalue weighted by atomic mass is 79.9. The first kappa shape index (κ1) is 14.5. The molecule has 0 saturated carbocycles. The molecule has 116 valence electrons. The quantitative estimate of drug-likeness (QED) is 0.683. The molecule has 1 aliphatic heterocycles. The maximum Gasteiger partial charge on any atom is 0.232 e. The van der Waals surface area contributed by atoms with Gasteiger partial charge in [0.2, 0.25) is 5.91 Å². The molecule has 1 amide bonds. The zero-order valence-corrected chi connectivity index (χ0v) is 14.5. The smallest absolute Gasteiger partial charge is 0.232 e. The molecule has 0 aliphatic carbocycles. The monoisotopic (exact) mass is 369 g/mol. The van der Waals surface area contributed by atoms with Gasteiger partial charge < -0.3 is 9.73 Å². The van der Waals surface area contributed by atoms with Gasteiger partial charge in [0.25, 0.3) is 0 Å². The van der Waals surface area contributed by atoms with Gasteiger partial charge in [0.05, 0.1) is 5.92 Å². The molecule has 4 heteroatoms. The molecule has 0 saturated heterocycles. The van der Waals surface area contributed by atoms with Crippen molar-refractivity contribution < 1.29 is 9.21 Å². The van der Waals surface area contributed by atoms with E-state index in [2.05, 4.69) is 41.2 Å². The Labute approximate surface area is 142 Å². The molecular formula is C19H16BrNO2. The molecule has 1 atom stereocenters. The van der Waals surface area contributed by atoms with E-state index in [-0.39, 0.29) is 11.8 Å². The molecule has 0 fully saturated rings. The van der Waals surface area contributed by atoms with Gasteiger partial charge >= 0.3 is 0 Å². The molecule has 0 unspecified atom stereocenters. The first-order valence-electron chi connectivity index (χ1n) is 7.62.